The van der Waals surface area contributed by atoms with Gasteiger partial charge in [-0.05, 0) is 51.6 Å². The van der Waals surface area contributed by atoms with Crippen LogP contribution in [0.3, 0.4) is 0 Å². The smallest absolute Gasteiger partial charge is 0.179 e. The SMILES string of the molecule is CC.CN.CNC(CCC/C=C/c1cc(C(=N)N)ccc1OC)OC(C)=N. The average molecular weight is 380 g/mol. The second-order valence-corrected chi connectivity index (χ2v) is 5.16. The van der Waals surface area contributed by atoms with E-state index in [0.717, 1.165) is 30.6 Å². The van der Waals surface area contributed by atoms with Crippen LogP contribution in [0.2, 0.25) is 0 Å². The van der Waals surface area contributed by atoms with E-state index in [-0.39, 0.29) is 18.0 Å². The highest BCUT2D eigenvalue weighted by Crippen LogP contribution is 2.21. The first-order chi connectivity index (χ1) is 13.0. The average Bonchev–Trinajstić information content (AvgIpc) is 2.69. The largest absolute Gasteiger partial charge is 0.496 e. The Morgan fingerprint density at radius 3 is 2.37 bits per heavy atom. The molecular formula is C20H37N5O2. The summed E-state index contributed by atoms with van der Waals surface area (Å²) in [6.45, 7) is 5.62. The minimum Gasteiger partial charge on any atom is -0.496 e. The number of hydrogen-bond acceptors (Lipinski definition) is 6. The van der Waals surface area contributed by atoms with E-state index in [0.29, 0.717) is 5.56 Å². The molecule has 27 heavy (non-hydrogen) atoms. The van der Waals surface area contributed by atoms with E-state index in [1.165, 1.54) is 7.05 Å². The van der Waals surface area contributed by atoms with Crippen molar-refractivity contribution in [1.82, 2.24) is 5.32 Å². The fraction of sp³-hybridized carbons (Fsp3) is 0.500. The minimum atomic E-state index is -0.128. The van der Waals surface area contributed by atoms with Gasteiger partial charge in [-0.3, -0.25) is 16.1 Å². The molecule has 1 atom stereocenters. The molecule has 0 bridgehead atoms. The molecule has 1 aromatic rings. The van der Waals surface area contributed by atoms with Gasteiger partial charge >= 0.3 is 0 Å². The Balaban J connectivity index is 0. The van der Waals surface area contributed by atoms with E-state index in [1.54, 1.807) is 20.1 Å². The van der Waals surface area contributed by atoms with E-state index < -0.39 is 0 Å². The number of rotatable bonds is 9. The van der Waals surface area contributed by atoms with Crippen molar-refractivity contribution >= 4 is 17.8 Å². The number of ether oxygens (including phenoxy) is 2. The van der Waals surface area contributed by atoms with Crippen LogP contribution in [0, 0.1) is 10.8 Å². The lowest BCUT2D eigenvalue weighted by atomic mass is 10.1. The summed E-state index contributed by atoms with van der Waals surface area (Å²) in [6, 6.07) is 5.43. The predicted molar refractivity (Wildman–Crippen MR) is 116 cm³/mol. The van der Waals surface area contributed by atoms with Gasteiger partial charge < -0.3 is 20.9 Å². The fourth-order valence-electron chi connectivity index (χ4n) is 2.14. The van der Waals surface area contributed by atoms with Crippen LogP contribution in [0.5, 0.6) is 5.75 Å². The zero-order chi connectivity index (χ0) is 21.2. The van der Waals surface area contributed by atoms with Crippen molar-refractivity contribution in [3.8, 4) is 5.75 Å². The molecule has 0 aliphatic rings. The molecule has 7 N–H and O–H groups in total. The first-order valence-electron chi connectivity index (χ1n) is 9.13. The Bertz CT molecular complexity index is 573. The molecule has 1 unspecified atom stereocenters. The Hall–Kier alpha value is -2.38. The van der Waals surface area contributed by atoms with Crippen molar-refractivity contribution in [3.63, 3.8) is 0 Å². The molecule has 0 saturated heterocycles. The predicted octanol–water partition coefficient (Wildman–Crippen LogP) is 3.32. The summed E-state index contributed by atoms with van der Waals surface area (Å²) in [5.74, 6) is 1.01. The number of allylic oxidation sites excluding steroid dienone is 1. The van der Waals surface area contributed by atoms with E-state index in [4.69, 9.17) is 26.0 Å². The molecule has 0 fully saturated rings. The van der Waals surface area contributed by atoms with Gasteiger partial charge in [-0.2, -0.15) is 0 Å². The van der Waals surface area contributed by atoms with Crippen molar-refractivity contribution in [3.05, 3.63) is 35.4 Å². The second kappa shape index (κ2) is 17.1. The van der Waals surface area contributed by atoms with Gasteiger partial charge in [-0.15, -0.1) is 0 Å². The van der Waals surface area contributed by atoms with Gasteiger partial charge in [0.2, 0.25) is 0 Å². The van der Waals surface area contributed by atoms with E-state index in [2.05, 4.69) is 17.1 Å². The summed E-state index contributed by atoms with van der Waals surface area (Å²) in [5, 5.41) is 17.9. The number of hydrogen-bond donors (Lipinski definition) is 5. The molecule has 0 radical (unpaired) electrons. The van der Waals surface area contributed by atoms with Gasteiger partial charge in [0.25, 0.3) is 0 Å². The first-order valence-corrected chi connectivity index (χ1v) is 9.13. The molecule has 0 heterocycles. The Morgan fingerprint density at radius 2 is 1.89 bits per heavy atom. The quantitative estimate of drug-likeness (QED) is 0.194. The topological polar surface area (TPSA) is 130 Å². The number of methoxy groups -OCH3 is 1. The number of nitrogens with two attached hydrogens (primary N) is 2. The highest BCUT2D eigenvalue weighted by atomic mass is 16.5. The zero-order valence-corrected chi connectivity index (χ0v) is 17.6. The molecule has 1 rings (SSSR count). The number of benzene rings is 1. The van der Waals surface area contributed by atoms with Crippen LogP contribution in [-0.4, -0.2) is 39.2 Å². The molecule has 1 aromatic carbocycles. The number of nitrogen functional groups attached to an aromatic ring is 1. The molecule has 0 aromatic heterocycles. The van der Waals surface area contributed by atoms with Crippen molar-refractivity contribution in [1.29, 1.82) is 10.8 Å². The van der Waals surface area contributed by atoms with Crippen molar-refractivity contribution < 1.29 is 9.47 Å². The molecular weight excluding hydrogens is 342 g/mol. The molecule has 0 spiro atoms. The third-order valence-electron chi connectivity index (χ3n) is 3.32. The van der Waals surface area contributed by atoms with Gasteiger partial charge in [0.1, 0.15) is 11.6 Å². The Morgan fingerprint density at radius 1 is 1.26 bits per heavy atom. The molecule has 0 amide bonds. The van der Waals surface area contributed by atoms with Crippen LogP contribution in [0.4, 0.5) is 0 Å². The van der Waals surface area contributed by atoms with E-state index in [9.17, 15) is 0 Å². The van der Waals surface area contributed by atoms with Crippen LogP contribution < -0.4 is 21.5 Å². The standard InChI is InChI=1S/C17H26N4O2.C2H6.CH5N/c1-12(18)23-16(21-2)8-6-4-5-7-13-11-14(17(19)20)9-10-15(13)22-3;2*1-2/h5,7,9-11,16,18,21H,4,6,8H2,1-3H3,(H3,19,20);1-2H3;2H2,1H3/b7-5+,18-12?;;. The molecule has 0 saturated carbocycles. The van der Waals surface area contributed by atoms with Gasteiger partial charge in [0.05, 0.1) is 7.11 Å². The summed E-state index contributed by atoms with van der Waals surface area (Å²) in [6.07, 6.45) is 6.54. The maximum atomic E-state index is 7.50. The molecule has 0 aliphatic heterocycles. The van der Waals surface area contributed by atoms with Gasteiger partial charge in [-0.1, -0.05) is 26.0 Å². The van der Waals surface area contributed by atoms with E-state index in [1.807, 2.05) is 39.1 Å². The third-order valence-corrected chi connectivity index (χ3v) is 3.32. The molecule has 7 heteroatoms. The summed E-state index contributed by atoms with van der Waals surface area (Å²) in [4.78, 5) is 0. The third kappa shape index (κ3) is 11.8. The highest BCUT2D eigenvalue weighted by Gasteiger charge is 2.06. The van der Waals surface area contributed by atoms with Gasteiger partial charge in [0.15, 0.2) is 12.1 Å². The summed E-state index contributed by atoms with van der Waals surface area (Å²) in [5.41, 5.74) is 11.6. The zero-order valence-electron chi connectivity index (χ0n) is 17.6. The first kappa shape index (κ1) is 26.8. The van der Waals surface area contributed by atoms with Crippen molar-refractivity contribution in [2.45, 2.75) is 46.3 Å². The Kier molecular flexibility index (Phi) is 17.0. The number of amidine groups is 1. The Labute approximate surface area is 164 Å². The summed E-state index contributed by atoms with van der Waals surface area (Å²) >= 11 is 0. The van der Waals surface area contributed by atoms with Crippen molar-refractivity contribution in [2.24, 2.45) is 11.5 Å². The van der Waals surface area contributed by atoms with Crippen LogP contribution in [0.1, 0.15) is 51.2 Å². The van der Waals surface area contributed by atoms with Crippen LogP contribution in [-0.2, 0) is 4.74 Å². The molecule has 154 valence electrons. The molecule has 7 nitrogen and oxygen atoms in total. The normalized spacial score (nSPS) is 10.8. The van der Waals surface area contributed by atoms with E-state index >= 15 is 0 Å². The summed E-state index contributed by atoms with van der Waals surface area (Å²) in [7, 11) is 4.94. The lowest BCUT2D eigenvalue weighted by molar-refractivity contribution is 0.145. The molecule has 0 aliphatic carbocycles. The lowest BCUT2D eigenvalue weighted by Crippen LogP contribution is -2.29. The minimum absolute atomic E-state index is 0.0401. The highest BCUT2D eigenvalue weighted by molar-refractivity contribution is 5.95. The lowest BCUT2D eigenvalue weighted by Gasteiger charge is -2.16. The van der Waals surface area contributed by atoms with Crippen molar-refractivity contribution in [2.75, 3.05) is 21.2 Å². The maximum absolute atomic E-state index is 7.50. The maximum Gasteiger partial charge on any atom is 0.179 e. The second-order valence-electron chi connectivity index (χ2n) is 5.16. The monoisotopic (exact) mass is 379 g/mol. The summed E-state index contributed by atoms with van der Waals surface area (Å²) < 4.78 is 10.7. The number of nitrogens with one attached hydrogen (secondary N) is 3. The van der Waals surface area contributed by atoms with Gasteiger partial charge in [0, 0.05) is 18.1 Å². The van der Waals surface area contributed by atoms with Crippen LogP contribution in [0.25, 0.3) is 6.08 Å². The van der Waals surface area contributed by atoms with Crippen LogP contribution in [0.15, 0.2) is 24.3 Å². The van der Waals surface area contributed by atoms with Gasteiger partial charge in [-0.25, -0.2) is 0 Å². The fourth-order valence-corrected chi connectivity index (χ4v) is 2.14. The van der Waals surface area contributed by atoms with Crippen LogP contribution >= 0.6 is 0 Å². The number of unbranched alkanes of at least 4 members (excludes halogenated alkanes) is 1.